The molecule has 4 aliphatic heterocycles. The van der Waals surface area contributed by atoms with E-state index in [0.717, 1.165) is 50.0 Å². The van der Waals surface area contributed by atoms with E-state index >= 15 is 4.39 Å². The second kappa shape index (κ2) is 10.3. The molecule has 2 aromatic heterocycles. The summed E-state index contributed by atoms with van der Waals surface area (Å²) in [5.41, 5.74) is 5.77. The van der Waals surface area contributed by atoms with Crippen LogP contribution < -0.4 is 20.1 Å². The van der Waals surface area contributed by atoms with Crippen molar-refractivity contribution in [3.63, 3.8) is 0 Å². The Labute approximate surface area is 260 Å². The largest absolute Gasteiger partial charge is 0.489 e. The third kappa shape index (κ3) is 4.05. The zero-order valence-corrected chi connectivity index (χ0v) is 25.2. The van der Waals surface area contributed by atoms with Gasteiger partial charge in [-0.25, -0.2) is 13.2 Å². The van der Waals surface area contributed by atoms with Crippen LogP contribution in [0.1, 0.15) is 44.1 Å². The third-order valence-corrected chi connectivity index (χ3v) is 11.1. The second-order valence-electron chi connectivity index (χ2n) is 12.2. The number of hydrogen-bond donors (Lipinski definition) is 1. The molecule has 0 amide bonds. The van der Waals surface area contributed by atoms with Gasteiger partial charge in [0.1, 0.15) is 47.6 Å². The molecular weight excluding hydrogens is 613 g/mol. The Morgan fingerprint density at radius 2 is 2.07 bits per heavy atom. The highest BCUT2D eigenvalue weighted by molar-refractivity contribution is 7.23. The molecule has 2 aromatic carbocycles. The summed E-state index contributed by atoms with van der Waals surface area (Å²) in [6.07, 6.45) is 4.02. The van der Waals surface area contributed by atoms with Crippen LogP contribution in [0, 0.1) is 23.0 Å². The van der Waals surface area contributed by atoms with Gasteiger partial charge in [0, 0.05) is 30.5 Å². The summed E-state index contributed by atoms with van der Waals surface area (Å²) in [4.78, 5) is 13.6. The molecule has 3 fully saturated rings. The zero-order chi connectivity index (χ0) is 30.3. The molecule has 44 heavy (non-hydrogen) atoms. The van der Waals surface area contributed by atoms with E-state index in [0.29, 0.717) is 37.3 Å². The molecule has 2 N–H and O–H groups in total. The van der Waals surface area contributed by atoms with Gasteiger partial charge >= 0.3 is 6.01 Å². The SMILES string of the molecule is N#Cc1c(N)sc2c(F)ccc(-c3c(Cl)c4c5c(nc(OC[C@@]67CCCN6C[C@H](F)C7)nc5c3F)N3CCCC[C@H]3CO4)c12. The maximum absolute atomic E-state index is 17.0. The first-order valence-electron chi connectivity index (χ1n) is 14.8. The third-order valence-electron chi connectivity index (χ3n) is 9.69. The van der Waals surface area contributed by atoms with Gasteiger partial charge in [0.15, 0.2) is 11.6 Å². The summed E-state index contributed by atoms with van der Waals surface area (Å²) in [5.74, 6) is -0.640. The Hall–Kier alpha value is -3.53. The van der Waals surface area contributed by atoms with Gasteiger partial charge in [-0.15, -0.1) is 11.3 Å². The molecule has 8 nitrogen and oxygen atoms in total. The molecule has 4 aliphatic rings. The normalized spacial score (nSPS) is 24.7. The summed E-state index contributed by atoms with van der Waals surface area (Å²) in [6.45, 7) is 2.37. The number of nitrogens with two attached hydrogens (primary N) is 1. The summed E-state index contributed by atoms with van der Waals surface area (Å²) in [6, 6.07) is 4.61. The number of nitriles is 1. The molecule has 13 heteroatoms. The molecule has 3 atom stereocenters. The molecule has 0 spiro atoms. The number of fused-ring (bicyclic) bond motifs is 4. The molecule has 4 aromatic rings. The second-order valence-corrected chi connectivity index (χ2v) is 13.6. The van der Waals surface area contributed by atoms with Crippen molar-refractivity contribution in [3.05, 3.63) is 34.4 Å². The number of hydrogen-bond acceptors (Lipinski definition) is 9. The molecule has 8 rings (SSSR count). The molecule has 0 radical (unpaired) electrons. The molecule has 0 unspecified atom stereocenters. The summed E-state index contributed by atoms with van der Waals surface area (Å²) >= 11 is 7.91. The first-order valence-corrected chi connectivity index (χ1v) is 16.0. The number of nitrogen functional groups attached to an aromatic ring is 1. The zero-order valence-electron chi connectivity index (χ0n) is 23.6. The van der Waals surface area contributed by atoms with E-state index in [1.807, 2.05) is 6.07 Å². The number of piperidine rings is 1. The number of thiophene rings is 1. The standard InChI is InChI=1S/C31H28ClF3N6O2S/c32-23-21(17-5-6-19(34)27-20(17)18(11-36)28(37)44-27)24(35)25-22-26(23)42-13-16-4-1-2-9-41(16)29(22)39-30(38-25)43-14-31-7-3-8-40(31)12-15(33)10-31/h5-6,15-16H,1-4,7-10,12-14,37H2/t15-,16+,31+/m1/s1. The van der Waals surface area contributed by atoms with Gasteiger partial charge in [-0.3, -0.25) is 4.90 Å². The lowest BCUT2D eigenvalue weighted by atomic mass is 9.95. The highest BCUT2D eigenvalue weighted by Crippen LogP contribution is 2.51. The minimum Gasteiger partial charge on any atom is -0.489 e. The van der Waals surface area contributed by atoms with Crippen LogP contribution in [0.15, 0.2) is 12.1 Å². The van der Waals surface area contributed by atoms with Crippen molar-refractivity contribution >= 4 is 54.7 Å². The maximum atomic E-state index is 17.0. The van der Waals surface area contributed by atoms with Gasteiger partial charge in [0.2, 0.25) is 0 Å². The number of ether oxygens (including phenoxy) is 2. The van der Waals surface area contributed by atoms with E-state index in [2.05, 4.69) is 14.8 Å². The maximum Gasteiger partial charge on any atom is 0.319 e. The van der Waals surface area contributed by atoms with Gasteiger partial charge in [0.25, 0.3) is 0 Å². The van der Waals surface area contributed by atoms with Crippen LogP contribution in [0.3, 0.4) is 0 Å². The lowest BCUT2D eigenvalue weighted by Gasteiger charge is -2.35. The van der Waals surface area contributed by atoms with Crippen LogP contribution in [-0.2, 0) is 0 Å². The van der Waals surface area contributed by atoms with Crippen molar-refractivity contribution in [2.45, 2.75) is 56.3 Å². The fraction of sp³-hybridized carbons (Fsp3) is 0.452. The Morgan fingerprint density at radius 1 is 1.20 bits per heavy atom. The predicted molar refractivity (Wildman–Crippen MR) is 163 cm³/mol. The highest BCUT2D eigenvalue weighted by Gasteiger charge is 2.49. The van der Waals surface area contributed by atoms with Crippen molar-refractivity contribution in [3.8, 4) is 29.0 Å². The van der Waals surface area contributed by atoms with Gasteiger partial charge in [0.05, 0.1) is 32.3 Å². The van der Waals surface area contributed by atoms with Gasteiger partial charge < -0.3 is 20.1 Å². The van der Waals surface area contributed by atoms with E-state index in [1.54, 1.807) is 0 Å². The fourth-order valence-electron chi connectivity index (χ4n) is 7.67. The Kier molecular flexibility index (Phi) is 6.52. The highest BCUT2D eigenvalue weighted by atomic mass is 35.5. The lowest BCUT2D eigenvalue weighted by molar-refractivity contribution is 0.107. The number of alkyl halides is 1. The molecule has 0 aliphatic carbocycles. The molecular formula is C31H28ClF3N6O2S. The fourth-order valence-corrected chi connectivity index (χ4v) is 8.95. The average molecular weight is 641 g/mol. The van der Waals surface area contributed by atoms with Crippen LogP contribution in [0.4, 0.5) is 24.0 Å². The first kappa shape index (κ1) is 28.0. The van der Waals surface area contributed by atoms with Crippen molar-refractivity contribution in [2.24, 2.45) is 0 Å². The monoisotopic (exact) mass is 640 g/mol. The van der Waals surface area contributed by atoms with Crippen molar-refractivity contribution in [1.82, 2.24) is 14.9 Å². The van der Waals surface area contributed by atoms with E-state index < -0.39 is 23.3 Å². The Balaban J connectivity index is 1.34. The average Bonchev–Trinajstić information content (AvgIpc) is 3.62. The molecule has 0 bridgehead atoms. The van der Waals surface area contributed by atoms with E-state index in [-0.39, 0.29) is 66.7 Å². The van der Waals surface area contributed by atoms with Gasteiger partial charge in [-0.05, 0) is 50.3 Å². The van der Waals surface area contributed by atoms with Crippen molar-refractivity contribution < 1.29 is 22.6 Å². The molecule has 6 heterocycles. The van der Waals surface area contributed by atoms with Crippen LogP contribution in [0.25, 0.3) is 32.1 Å². The molecule has 0 saturated carbocycles. The van der Waals surface area contributed by atoms with Crippen LogP contribution in [-0.4, -0.2) is 65.5 Å². The Bertz CT molecular complexity index is 1900. The minimum absolute atomic E-state index is 0.0119. The number of aromatic nitrogens is 2. The first-order chi connectivity index (χ1) is 21.3. The predicted octanol–water partition coefficient (Wildman–Crippen LogP) is 6.60. The van der Waals surface area contributed by atoms with Gasteiger partial charge in [-0.2, -0.15) is 15.2 Å². The summed E-state index contributed by atoms with van der Waals surface area (Å²) in [5, 5.41) is 10.5. The van der Waals surface area contributed by atoms with E-state index in [4.69, 9.17) is 31.8 Å². The Morgan fingerprint density at radius 3 is 2.91 bits per heavy atom. The van der Waals surface area contributed by atoms with Crippen molar-refractivity contribution in [2.75, 3.05) is 43.5 Å². The number of halogens is 4. The smallest absolute Gasteiger partial charge is 0.319 e. The van der Waals surface area contributed by atoms with Crippen LogP contribution in [0.5, 0.6) is 11.8 Å². The number of benzene rings is 2. The molecule has 228 valence electrons. The van der Waals surface area contributed by atoms with E-state index in [9.17, 15) is 14.0 Å². The summed E-state index contributed by atoms with van der Waals surface area (Å²) in [7, 11) is 0. The number of rotatable bonds is 4. The number of anilines is 2. The van der Waals surface area contributed by atoms with Crippen LogP contribution in [0.2, 0.25) is 5.02 Å². The summed E-state index contributed by atoms with van der Waals surface area (Å²) < 4.78 is 59.0. The quantitative estimate of drug-likeness (QED) is 0.266. The van der Waals surface area contributed by atoms with Crippen molar-refractivity contribution in [1.29, 1.82) is 5.26 Å². The topological polar surface area (TPSA) is 101 Å². The molecule has 3 saturated heterocycles. The van der Waals surface area contributed by atoms with E-state index in [1.165, 1.54) is 12.1 Å². The lowest BCUT2D eigenvalue weighted by Crippen LogP contribution is -2.44. The van der Waals surface area contributed by atoms with Crippen LogP contribution >= 0.6 is 22.9 Å². The van der Waals surface area contributed by atoms with Gasteiger partial charge in [-0.1, -0.05) is 17.7 Å². The minimum atomic E-state index is -0.922. The number of nitrogens with zero attached hydrogens (tertiary/aromatic N) is 5.